The number of halogens is 1. The topological polar surface area (TPSA) is 64.0 Å². The lowest BCUT2D eigenvalue weighted by Gasteiger charge is -2.09. The number of aromatic nitrogens is 2. The largest absolute Gasteiger partial charge is 0.324 e. The van der Waals surface area contributed by atoms with E-state index in [0.29, 0.717) is 15.9 Å². The Morgan fingerprint density at radius 2 is 2.04 bits per heavy atom. The molecule has 1 N–H and O–H groups in total. The first-order chi connectivity index (χ1) is 12.6. The zero-order valence-electron chi connectivity index (χ0n) is 13.3. The van der Waals surface area contributed by atoms with Crippen LogP contribution < -0.4 is 10.9 Å². The number of carbonyl (C=O) groups is 1. The van der Waals surface area contributed by atoms with E-state index in [-0.39, 0.29) is 18.0 Å². The number of para-hydroxylation sites is 1. The molecule has 1 amide bonds. The number of benzene rings is 1. The van der Waals surface area contributed by atoms with Crippen molar-refractivity contribution in [1.29, 1.82) is 0 Å². The summed E-state index contributed by atoms with van der Waals surface area (Å²) < 4.78 is 2.13. The van der Waals surface area contributed by atoms with Crippen LogP contribution in [0, 0.1) is 0 Å². The van der Waals surface area contributed by atoms with Crippen LogP contribution in [0.3, 0.4) is 0 Å². The quantitative estimate of drug-likeness (QED) is 0.499. The van der Waals surface area contributed by atoms with E-state index in [2.05, 4.69) is 26.2 Å². The second kappa shape index (κ2) is 7.14. The normalized spacial score (nSPS) is 11.0. The molecule has 0 radical (unpaired) electrons. The summed E-state index contributed by atoms with van der Waals surface area (Å²) in [5, 5.41) is 7.28. The number of thiophene rings is 2. The second-order valence-electron chi connectivity index (χ2n) is 5.51. The Morgan fingerprint density at radius 3 is 2.81 bits per heavy atom. The van der Waals surface area contributed by atoms with E-state index < -0.39 is 0 Å². The number of anilines is 1. The highest BCUT2D eigenvalue weighted by Gasteiger charge is 2.15. The van der Waals surface area contributed by atoms with Gasteiger partial charge in [0.1, 0.15) is 11.4 Å². The predicted molar refractivity (Wildman–Crippen MR) is 110 cm³/mol. The summed E-state index contributed by atoms with van der Waals surface area (Å²) in [6, 6.07) is 11.3. The molecule has 8 heteroatoms. The number of hydrogen-bond acceptors (Lipinski definition) is 5. The smallest absolute Gasteiger partial charge is 0.263 e. The molecule has 0 bridgehead atoms. The standard InChI is InChI=1S/C18H12BrN3O2S2/c19-12-4-1-2-5-13(12)21-15(23)8-22-10-20-17-16(18(22)24)11(9-26-17)14-6-3-7-25-14/h1-7,9-10H,8H2,(H,21,23). The Balaban J connectivity index is 1.66. The molecule has 4 aromatic rings. The van der Waals surface area contributed by atoms with Gasteiger partial charge in [-0.25, -0.2) is 4.98 Å². The van der Waals surface area contributed by atoms with Crippen LogP contribution >= 0.6 is 38.6 Å². The van der Waals surface area contributed by atoms with Crippen molar-refractivity contribution in [3.8, 4) is 10.4 Å². The minimum atomic E-state index is -0.284. The summed E-state index contributed by atoms with van der Waals surface area (Å²) in [7, 11) is 0. The van der Waals surface area contributed by atoms with Gasteiger partial charge < -0.3 is 5.32 Å². The molecule has 0 unspecified atom stereocenters. The molecule has 3 heterocycles. The Hall–Kier alpha value is -2.29. The molecule has 26 heavy (non-hydrogen) atoms. The van der Waals surface area contributed by atoms with E-state index in [9.17, 15) is 9.59 Å². The molecule has 0 spiro atoms. The van der Waals surface area contributed by atoms with E-state index in [1.54, 1.807) is 17.4 Å². The molecule has 0 aliphatic heterocycles. The van der Waals surface area contributed by atoms with Crippen molar-refractivity contribution in [2.24, 2.45) is 0 Å². The van der Waals surface area contributed by atoms with Crippen LogP contribution in [-0.2, 0) is 11.3 Å². The van der Waals surface area contributed by atoms with Crippen molar-refractivity contribution >= 4 is 60.4 Å². The van der Waals surface area contributed by atoms with Crippen molar-refractivity contribution in [1.82, 2.24) is 9.55 Å². The average Bonchev–Trinajstić information content (AvgIpc) is 3.29. The Morgan fingerprint density at radius 1 is 1.19 bits per heavy atom. The Kier molecular flexibility index (Phi) is 4.71. The number of nitrogens with zero attached hydrogens (tertiary/aromatic N) is 2. The molecule has 0 atom stereocenters. The van der Waals surface area contributed by atoms with Gasteiger partial charge in [-0.05, 0) is 39.5 Å². The number of carbonyl (C=O) groups excluding carboxylic acids is 1. The highest BCUT2D eigenvalue weighted by Crippen LogP contribution is 2.33. The van der Waals surface area contributed by atoms with Gasteiger partial charge in [0.15, 0.2) is 0 Å². The first-order valence-corrected chi connectivity index (χ1v) is 10.2. The molecule has 0 aliphatic rings. The fraction of sp³-hybridized carbons (Fsp3) is 0.0556. The lowest BCUT2D eigenvalue weighted by atomic mass is 10.2. The van der Waals surface area contributed by atoms with Gasteiger partial charge in [-0.1, -0.05) is 18.2 Å². The SMILES string of the molecule is O=C(Cn1cnc2scc(-c3cccs3)c2c1=O)Nc1ccccc1Br. The molecule has 0 saturated heterocycles. The number of nitrogens with one attached hydrogen (secondary N) is 1. The summed E-state index contributed by atoms with van der Waals surface area (Å²) in [6.45, 7) is -0.0944. The Bertz CT molecular complexity index is 1150. The molecule has 0 fully saturated rings. The summed E-state index contributed by atoms with van der Waals surface area (Å²) >= 11 is 6.40. The summed E-state index contributed by atoms with van der Waals surface area (Å²) in [6.07, 6.45) is 1.43. The molecule has 1 aromatic carbocycles. The van der Waals surface area contributed by atoms with Gasteiger partial charge in [-0.3, -0.25) is 14.2 Å². The molecular formula is C18H12BrN3O2S2. The van der Waals surface area contributed by atoms with Crippen LogP contribution in [0.1, 0.15) is 0 Å². The fourth-order valence-electron chi connectivity index (χ4n) is 2.60. The number of amides is 1. The van der Waals surface area contributed by atoms with Gasteiger partial charge in [0.25, 0.3) is 5.56 Å². The molecule has 4 rings (SSSR count). The zero-order chi connectivity index (χ0) is 18.1. The maximum absolute atomic E-state index is 12.9. The minimum Gasteiger partial charge on any atom is -0.324 e. The van der Waals surface area contributed by atoms with Crippen molar-refractivity contribution in [2.45, 2.75) is 6.54 Å². The van der Waals surface area contributed by atoms with Crippen molar-refractivity contribution in [2.75, 3.05) is 5.32 Å². The van der Waals surface area contributed by atoms with E-state index in [1.165, 1.54) is 22.2 Å². The van der Waals surface area contributed by atoms with Gasteiger partial charge in [0.2, 0.25) is 5.91 Å². The van der Waals surface area contributed by atoms with Crippen LogP contribution in [0.2, 0.25) is 0 Å². The van der Waals surface area contributed by atoms with Gasteiger partial charge >= 0.3 is 0 Å². The van der Waals surface area contributed by atoms with Crippen molar-refractivity contribution < 1.29 is 4.79 Å². The molecule has 130 valence electrons. The summed E-state index contributed by atoms with van der Waals surface area (Å²) in [5.41, 5.74) is 1.33. The lowest BCUT2D eigenvalue weighted by molar-refractivity contribution is -0.116. The van der Waals surface area contributed by atoms with E-state index in [1.807, 2.05) is 41.1 Å². The predicted octanol–water partition coefficient (Wildman–Crippen LogP) is 4.59. The fourth-order valence-corrected chi connectivity index (χ4v) is 4.71. The first-order valence-electron chi connectivity index (χ1n) is 7.68. The third-order valence-corrected chi connectivity index (χ3v) is 6.29. The maximum Gasteiger partial charge on any atom is 0.263 e. The average molecular weight is 446 g/mol. The van der Waals surface area contributed by atoms with Crippen molar-refractivity contribution in [3.63, 3.8) is 0 Å². The lowest BCUT2D eigenvalue weighted by Crippen LogP contribution is -2.27. The van der Waals surface area contributed by atoms with E-state index in [4.69, 9.17) is 0 Å². The molecule has 3 aromatic heterocycles. The van der Waals surface area contributed by atoms with Crippen LogP contribution in [0.15, 0.2) is 62.8 Å². The van der Waals surface area contributed by atoms with Gasteiger partial charge in [0.05, 0.1) is 17.4 Å². The third kappa shape index (κ3) is 3.23. The summed E-state index contributed by atoms with van der Waals surface area (Å²) in [5.74, 6) is -0.284. The van der Waals surface area contributed by atoms with Crippen LogP contribution in [0.5, 0.6) is 0 Å². The van der Waals surface area contributed by atoms with Gasteiger partial charge in [0, 0.05) is 20.3 Å². The highest BCUT2D eigenvalue weighted by molar-refractivity contribution is 9.10. The maximum atomic E-state index is 12.9. The van der Waals surface area contributed by atoms with Crippen molar-refractivity contribution in [3.05, 3.63) is 68.3 Å². The minimum absolute atomic E-state index is 0.0944. The van der Waals surface area contributed by atoms with Crippen LogP contribution in [0.25, 0.3) is 20.7 Å². The molecular weight excluding hydrogens is 434 g/mol. The van der Waals surface area contributed by atoms with Gasteiger partial charge in [-0.2, -0.15) is 0 Å². The second-order valence-corrected chi connectivity index (χ2v) is 8.17. The third-order valence-electron chi connectivity index (χ3n) is 3.81. The van der Waals surface area contributed by atoms with E-state index in [0.717, 1.165) is 14.9 Å². The first kappa shape index (κ1) is 17.1. The molecule has 0 aliphatic carbocycles. The summed E-state index contributed by atoms with van der Waals surface area (Å²) in [4.78, 5) is 31.3. The Labute approximate surface area is 165 Å². The molecule has 5 nitrogen and oxygen atoms in total. The zero-order valence-corrected chi connectivity index (χ0v) is 16.5. The van der Waals surface area contributed by atoms with Crippen LogP contribution in [-0.4, -0.2) is 15.5 Å². The van der Waals surface area contributed by atoms with E-state index >= 15 is 0 Å². The highest BCUT2D eigenvalue weighted by atomic mass is 79.9. The monoisotopic (exact) mass is 445 g/mol. The molecule has 0 saturated carbocycles. The van der Waals surface area contributed by atoms with Gasteiger partial charge in [-0.15, -0.1) is 22.7 Å². The number of fused-ring (bicyclic) bond motifs is 1. The van der Waals surface area contributed by atoms with Crippen LogP contribution in [0.4, 0.5) is 5.69 Å². The number of hydrogen-bond donors (Lipinski definition) is 1. The number of rotatable bonds is 4.